The highest BCUT2D eigenvalue weighted by atomic mass is 32.2. The van der Waals surface area contributed by atoms with Gasteiger partial charge in [0, 0.05) is 22.4 Å². The summed E-state index contributed by atoms with van der Waals surface area (Å²) in [6, 6.07) is 20.4. The highest BCUT2D eigenvalue weighted by Crippen LogP contribution is 2.41. The van der Waals surface area contributed by atoms with Crippen LogP contribution in [0.15, 0.2) is 66.7 Å². The van der Waals surface area contributed by atoms with Crippen LogP contribution < -0.4 is 4.72 Å². The Morgan fingerprint density at radius 1 is 0.795 bits per heavy atom. The number of rotatable bonds is 6. The van der Waals surface area contributed by atoms with Crippen molar-refractivity contribution in [2.75, 3.05) is 11.0 Å². The van der Waals surface area contributed by atoms with Crippen molar-refractivity contribution in [2.45, 2.75) is 52.4 Å². The van der Waals surface area contributed by atoms with E-state index in [1.807, 2.05) is 12.1 Å². The molecule has 0 atom stereocenters. The summed E-state index contributed by atoms with van der Waals surface area (Å²) in [5.74, 6) is -0.993. The predicted octanol–water partition coefficient (Wildman–Crippen LogP) is 7.08. The van der Waals surface area contributed by atoms with Gasteiger partial charge < -0.3 is 5.11 Å². The number of aromatic nitrogens is 2. The molecule has 204 valence electrons. The topological polar surface area (TPSA) is 112 Å². The first-order valence-corrected chi connectivity index (χ1v) is 14.6. The average molecular weight is 546 g/mol. The summed E-state index contributed by atoms with van der Waals surface area (Å²) < 4.78 is 26.0. The first-order chi connectivity index (χ1) is 18.0. The van der Waals surface area contributed by atoms with Crippen LogP contribution in [0.1, 0.15) is 63.0 Å². The van der Waals surface area contributed by atoms with Crippen LogP contribution >= 0.6 is 0 Å². The van der Waals surface area contributed by atoms with E-state index in [9.17, 15) is 18.3 Å². The maximum atomic E-state index is 11.7. The zero-order valence-electron chi connectivity index (χ0n) is 23.4. The molecular formula is C31H35N3O4S. The normalized spacial score (nSPS) is 12.4. The number of hydrogen-bond acceptors (Lipinski definition) is 4. The molecule has 0 aliphatic heterocycles. The van der Waals surface area contributed by atoms with Gasteiger partial charge >= 0.3 is 5.97 Å². The second-order valence-corrected chi connectivity index (χ2v) is 13.7. The van der Waals surface area contributed by atoms with E-state index in [1.165, 1.54) is 11.1 Å². The summed E-state index contributed by atoms with van der Waals surface area (Å²) in [6.07, 6.45) is 1.11. The van der Waals surface area contributed by atoms with Gasteiger partial charge in [-0.2, -0.15) is 5.10 Å². The number of H-pyrrole nitrogens is 1. The van der Waals surface area contributed by atoms with Gasteiger partial charge in [0.2, 0.25) is 10.0 Å². The number of benzene rings is 3. The van der Waals surface area contributed by atoms with Crippen molar-refractivity contribution >= 4 is 21.7 Å². The number of carbonyl (C=O) groups is 1. The number of nitrogens with one attached hydrogen (secondary N) is 2. The number of carboxylic acids is 1. The van der Waals surface area contributed by atoms with Gasteiger partial charge in [0.05, 0.1) is 17.5 Å². The summed E-state index contributed by atoms with van der Waals surface area (Å²) in [5.41, 5.74) is 7.83. The first-order valence-electron chi connectivity index (χ1n) is 12.7. The van der Waals surface area contributed by atoms with Gasteiger partial charge in [0.1, 0.15) is 5.69 Å². The summed E-state index contributed by atoms with van der Waals surface area (Å²) >= 11 is 0. The molecule has 1 heterocycles. The fraction of sp³-hybridized carbons (Fsp3) is 0.290. The zero-order chi connectivity index (χ0) is 28.8. The minimum atomic E-state index is -3.41. The highest BCUT2D eigenvalue weighted by Gasteiger charge is 2.24. The van der Waals surface area contributed by atoms with Crippen molar-refractivity contribution in [1.82, 2.24) is 10.2 Å². The molecule has 8 heteroatoms. The molecule has 0 spiro atoms. The Labute approximate surface area is 230 Å². The highest BCUT2D eigenvalue weighted by molar-refractivity contribution is 7.92. The van der Waals surface area contributed by atoms with Gasteiger partial charge in [-0.15, -0.1) is 0 Å². The van der Waals surface area contributed by atoms with E-state index in [0.29, 0.717) is 11.4 Å². The molecule has 0 fully saturated rings. The van der Waals surface area contributed by atoms with Crippen LogP contribution in [0, 0.1) is 0 Å². The molecule has 0 unspecified atom stereocenters. The molecule has 0 saturated carbocycles. The van der Waals surface area contributed by atoms with Crippen LogP contribution in [0.3, 0.4) is 0 Å². The van der Waals surface area contributed by atoms with E-state index in [2.05, 4.69) is 69.6 Å². The molecule has 0 amide bonds. The standard InChI is InChI=1S/C31H35N3O4S/c1-30(2,3)23-16-22(17-24(18-23)31(4,5)6)28-26(19-12-14-25(15-13-19)34-39(7,37)38)27(32-33-28)20-8-10-21(11-9-20)29(35)36/h8-18,34H,1-7H3,(H,32,33)(H,35,36). The monoisotopic (exact) mass is 545 g/mol. The third-order valence-electron chi connectivity index (χ3n) is 6.60. The van der Waals surface area contributed by atoms with E-state index in [1.54, 1.807) is 36.4 Å². The minimum Gasteiger partial charge on any atom is -0.478 e. The van der Waals surface area contributed by atoms with Crippen molar-refractivity contribution in [3.05, 3.63) is 83.4 Å². The Hall–Kier alpha value is -3.91. The average Bonchev–Trinajstić information content (AvgIpc) is 3.27. The van der Waals surface area contributed by atoms with E-state index in [0.717, 1.165) is 34.2 Å². The molecule has 0 radical (unpaired) electrons. The summed E-state index contributed by atoms with van der Waals surface area (Å²) in [4.78, 5) is 11.4. The van der Waals surface area contributed by atoms with Crippen molar-refractivity contribution in [3.8, 4) is 33.6 Å². The lowest BCUT2D eigenvalue weighted by molar-refractivity contribution is 0.0697. The van der Waals surface area contributed by atoms with Gasteiger partial charge in [-0.25, -0.2) is 13.2 Å². The van der Waals surface area contributed by atoms with Crippen molar-refractivity contribution in [2.24, 2.45) is 0 Å². The van der Waals surface area contributed by atoms with Gasteiger partial charge in [-0.1, -0.05) is 71.9 Å². The van der Waals surface area contributed by atoms with E-state index < -0.39 is 16.0 Å². The lowest BCUT2D eigenvalue weighted by Gasteiger charge is -2.26. The molecule has 3 N–H and O–H groups in total. The van der Waals surface area contributed by atoms with Crippen molar-refractivity contribution < 1.29 is 18.3 Å². The molecule has 4 aromatic rings. The Bertz CT molecular complexity index is 1590. The lowest BCUT2D eigenvalue weighted by Crippen LogP contribution is -2.16. The SMILES string of the molecule is CC(C)(C)c1cc(-c2[nH]nc(-c3ccc(C(=O)O)cc3)c2-c2ccc(NS(C)(=O)=O)cc2)cc(C(C)(C)C)c1. The summed E-state index contributed by atoms with van der Waals surface area (Å²) in [6.45, 7) is 13.1. The number of anilines is 1. The lowest BCUT2D eigenvalue weighted by atomic mass is 9.79. The van der Waals surface area contributed by atoms with Gasteiger partial charge in [-0.05, 0) is 63.9 Å². The molecular weight excluding hydrogens is 510 g/mol. The maximum Gasteiger partial charge on any atom is 0.335 e. The quantitative estimate of drug-likeness (QED) is 0.240. The third kappa shape index (κ3) is 6.40. The molecule has 39 heavy (non-hydrogen) atoms. The Kier molecular flexibility index (Phi) is 7.21. The fourth-order valence-corrected chi connectivity index (χ4v) is 4.93. The molecule has 4 rings (SSSR count). The summed E-state index contributed by atoms with van der Waals surface area (Å²) in [5, 5.41) is 17.3. The third-order valence-corrected chi connectivity index (χ3v) is 7.21. The number of aromatic amines is 1. The Balaban J connectivity index is 1.96. The second kappa shape index (κ2) is 10.0. The number of hydrogen-bond donors (Lipinski definition) is 3. The molecule has 0 aliphatic carbocycles. The Morgan fingerprint density at radius 3 is 1.77 bits per heavy atom. The zero-order valence-corrected chi connectivity index (χ0v) is 24.2. The number of nitrogens with zero attached hydrogens (tertiary/aromatic N) is 1. The maximum absolute atomic E-state index is 11.7. The van der Waals surface area contributed by atoms with Crippen LogP contribution in [0.2, 0.25) is 0 Å². The van der Waals surface area contributed by atoms with E-state index in [-0.39, 0.29) is 16.4 Å². The largest absolute Gasteiger partial charge is 0.478 e. The van der Waals surface area contributed by atoms with Gasteiger partial charge in [0.25, 0.3) is 0 Å². The molecule has 0 aliphatic rings. The van der Waals surface area contributed by atoms with Crippen LogP contribution in [-0.4, -0.2) is 35.9 Å². The molecule has 1 aromatic heterocycles. The molecule has 7 nitrogen and oxygen atoms in total. The van der Waals surface area contributed by atoms with Gasteiger partial charge in [-0.3, -0.25) is 9.82 Å². The van der Waals surface area contributed by atoms with Crippen molar-refractivity contribution in [3.63, 3.8) is 0 Å². The second-order valence-electron chi connectivity index (χ2n) is 12.0. The van der Waals surface area contributed by atoms with E-state index >= 15 is 0 Å². The molecule has 3 aromatic carbocycles. The van der Waals surface area contributed by atoms with Crippen LogP contribution in [0.25, 0.3) is 33.6 Å². The number of carboxylic acid groups (broad SMARTS) is 1. The molecule has 0 saturated heterocycles. The fourth-order valence-electron chi connectivity index (χ4n) is 4.37. The number of sulfonamides is 1. The van der Waals surface area contributed by atoms with Gasteiger partial charge in [0.15, 0.2) is 0 Å². The smallest absolute Gasteiger partial charge is 0.335 e. The van der Waals surface area contributed by atoms with Crippen molar-refractivity contribution in [1.29, 1.82) is 0 Å². The Morgan fingerprint density at radius 2 is 1.31 bits per heavy atom. The first kappa shape index (κ1) is 28.1. The predicted molar refractivity (Wildman–Crippen MR) is 158 cm³/mol. The summed E-state index contributed by atoms with van der Waals surface area (Å²) in [7, 11) is -3.41. The van der Waals surface area contributed by atoms with E-state index in [4.69, 9.17) is 5.10 Å². The number of aromatic carboxylic acids is 1. The molecule has 0 bridgehead atoms. The minimum absolute atomic E-state index is 0.0787. The van der Waals surface area contributed by atoms with Crippen LogP contribution in [0.4, 0.5) is 5.69 Å². The van der Waals surface area contributed by atoms with Crippen LogP contribution in [-0.2, 0) is 20.9 Å². The van der Waals surface area contributed by atoms with Crippen LogP contribution in [0.5, 0.6) is 0 Å².